The predicted molar refractivity (Wildman–Crippen MR) is 86.4 cm³/mol. The standard InChI is InChI=1S/C16H20N6/c1-11(2)7-8-14(16-19-21-22-20-16)18-15-10-17-9-12-5-3-4-6-13(12)15/h3-6,9-11,14,18H,7-8H2,1-2H3,(H,19,20,21,22). The van der Waals surface area contributed by atoms with E-state index in [1.54, 1.807) is 0 Å². The van der Waals surface area contributed by atoms with Gasteiger partial charge in [0.15, 0.2) is 5.82 Å². The zero-order chi connectivity index (χ0) is 15.4. The first kappa shape index (κ1) is 14.4. The van der Waals surface area contributed by atoms with Crippen LogP contribution in [0.4, 0.5) is 5.69 Å². The minimum atomic E-state index is 0.0220. The molecule has 22 heavy (non-hydrogen) atoms. The fraction of sp³-hybridized carbons (Fsp3) is 0.375. The number of H-pyrrole nitrogens is 1. The van der Waals surface area contributed by atoms with Crippen molar-refractivity contribution >= 4 is 16.5 Å². The lowest BCUT2D eigenvalue weighted by Crippen LogP contribution is -2.14. The molecule has 0 aliphatic heterocycles. The Bertz CT molecular complexity index is 717. The molecule has 0 amide bonds. The Morgan fingerprint density at radius 2 is 2.00 bits per heavy atom. The highest BCUT2D eigenvalue weighted by Crippen LogP contribution is 2.27. The average molecular weight is 296 g/mol. The lowest BCUT2D eigenvalue weighted by Gasteiger charge is -2.18. The van der Waals surface area contributed by atoms with Gasteiger partial charge in [0.25, 0.3) is 0 Å². The number of hydrogen-bond acceptors (Lipinski definition) is 5. The van der Waals surface area contributed by atoms with Crippen LogP contribution in [0.2, 0.25) is 0 Å². The summed E-state index contributed by atoms with van der Waals surface area (Å²) in [5, 5.41) is 20.3. The van der Waals surface area contributed by atoms with Crippen molar-refractivity contribution in [1.29, 1.82) is 0 Å². The number of aromatic nitrogens is 5. The van der Waals surface area contributed by atoms with Crippen LogP contribution in [-0.2, 0) is 0 Å². The van der Waals surface area contributed by atoms with Crippen LogP contribution in [0.5, 0.6) is 0 Å². The molecule has 0 spiro atoms. The highest BCUT2D eigenvalue weighted by atomic mass is 15.5. The van der Waals surface area contributed by atoms with Crippen LogP contribution < -0.4 is 5.32 Å². The van der Waals surface area contributed by atoms with Crippen molar-refractivity contribution < 1.29 is 0 Å². The molecule has 2 aromatic heterocycles. The van der Waals surface area contributed by atoms with E-state index in [-0.39, 0.29) is 6.04 Å². The largest absolute Gasteiger partial charge is 0.373 e. The van der Waals surface area contributed by atoms with Crippen molar-refractivity contribution in [2.75, 3.05) is 5.32 Å². The average Bonchev–Trinajstić information content (AvgIpc) is 3.05. The van der Waals surface area contributed by atoms with Crippen molar-refractivity contribution in [2.45, 2.75) is 32.7 Å². The summed E-state index contributed by atoms with van der Waals surface area (Å²) >= 11 is 0. The third kappa shape index (κ3) is 3.21. The Balaban J connectivity index is 1.88. The molecule has 0 aliphatic carbocycles. The summed E-state index contributed by atoms with van der Waals surface area (Å²) in [7, 11) is 0. The van der Waals surface area contributed by atoms with E-state index in [1.165, 1.54) is 0 Å². The molecule has 0 saturated carbocycles. The van der Waals surface area contributed by atoms with E-state index in [1.807, 2.05) is 24.5 Å². The molecular formula is C16H20N6. The van der Waals surface area contributed by atoms with E-state index in [2.05, 4.69) is 56.9 Å². The summed E-state index contributed by atoms with van der Waals surface area (Å²) in [4.78, 5) is 4.32. The molecule has 0 bridgehead atoms. The Labute approximate surface area is 129 Å². The highest BCUT2D eigenvalue weighted by Gasteiger charge is 2.17. The van der Waals surface area contributed by atoms with Crippen molar-refractivity contribution in [1.82, 2.24) is 25.6 Å². The molecule has 3 aromatic rings. The van der Waals surface area contributed by atoms with E-state index in [0.717, 1.165) is 29.3 Å². The van der Waals surface area contributed by atoms with Gasteiger partial charge in [-0.3, -0.25) is 4.98 Å². The van der Waals surface area contributed by atoms with E-state index in [9.17, 15) is 0 Å². The molecular weight excluding hydrogens is 276 g/mol. The molecule has 2 N–H and O–H groups in total. The number of benzene rings is 1. The molecule has 0 fully saturated rings. The van der Waals surface area contributed by atoms with Gasteiger partial charge in [-0.15, -0.1) is 10.2 Å². The van der Waals surface area contributed by atoms with Gasteiger partial charge >= 0.3 is 0 Å². The minimum Gasteiger partial charge on any atom is -0.373 e. The van der Waals surface area contributed by atoms with Crippen LogP contribution in [0.15, 0.2) is 36.7 Å². The minimum absolute atomic E-state index is 0.0220. The molecule has 1 atom stereocenters. The van der Waals surface area contributed by atoms with Gasteiger partial charge < -0.3 is 5.32 Å². The molecule has 6 heteroatoms. The van der Waals surface area contributed by atoms with Crippen LogP contribution in [0.1, 0.15) is 38.6 Å². The van der Waals surface area contributed by atoms with Crippen LogP contribution in [0.3, 0.4) is 0 Å². The Hall–Kier alpha value is -2.50. The fourth-order valence-corrected chi connectivity index (χ4v) is 2.50. The second-order valence-electron chi connectivity index (χ2n) is 5.85. The van der Waals surface area contributed by atoms with Gasteiger partial charge in [-0.05, 0) is 18.8 Å². The number of aromatic amines is 1. The fourth-order valence-electron chi connectivity index (χ4n) is 2.50. The van der Waals surface area contributed by atoms with E-state index in [4.69, 9.17) is 0 Å². The lowest BCUT2D eigenvalue weighted by atomic mass is 10.0. The maximum atomic E-state index is 4.32. The number of anilines is 1. The van der Waals surface area contributed by atoms with Gasteiger partial charge in [-0.1, -0.05) is 43.3 Å². The van der Waals surface area contributed by atoms with Crippen molar-refractivity contribution in [3.63, 3.8) is 0 Å². The van der Waals surface area contributed by atoms with Crippen LogP contribution in [-0.4, -0.2) is 25.6 Å². The zero-order valence-electron chi connectivity index (χ0n) is 12.8. The van der Waals surface area contributed by atoms with Gasteiger partial charge in [0.2, 0.25) is 0 Å². The summed E-state index contributed by atoms with van der Waals surface area (Å²) in [5.74, 6) is 1.32. The number of tetrazole rings is 1. The molecule has 114 valence electrons. The van der Waals surface area contributed by atoms with Crippen molar-refractivity contribution in [3.8, 4) is 0 Å². The number of nitrogens with one attached hydrogen (secondary N) is 2. The molecule has 2 heterocycles. The second-order valence-corrected chi connectivity index (χ2v) is 5.85. The molecule has 0 radical (unpaired) electrons. The molecule has 1 unspecified atom stereocenters. The number of rotatable bonds is 6. The normalized spacial score (nSPS) is 12.7. The molecule has 6 nitrogen and oxygen atoms in total. The van der Waals surface area contributed by atoms with Crippen LogP contribution in [0.25, 0.3) is 10.8 Å². The third-order valence-corrected chi connectivity index (χ3v) is 3.70. The third-order valence-electron chi connectivity index (χ3n) is 3.70. The maximum absolute atomic E-state index is 4.32. The number of pyridine rings is 1. The Kier molecular flexibility index (Phi) is 4.27. The summed E-state index contributed by atoms with van der Waals surface area (Å²) in [6.07, 6.45) is 5.76. The molecule has 3 rings (SSSR count). The summed E-state index contributed by atoms with van der Waals surface area (Å²) in [6.45, 7) is 4.43. The maximum Gasteiger partial charge on any atom is 0.196 e. The van der Waals surface area contributed by atoms with E-state index < -0.39 is 0 Å². The second kappa shape index (κ2) is 6.51. The quantitative estimate of drug-likeness (QED) is 0.729. The van der Waals surface area contributed by atoms with Crippen LogP contribution in [0, 0.1) is 5.92 Å². The monoisotopic (exact) mass is 296 g/mol. The zero-order valence-corrected chi connectivity index (χ0v) is 12.8. The number of fused-ring (bicyclic) bond motifs is 1. The van der Waals surface area contributed by atoms with E-state index in [0.29, 0.717) is 11.7 Å². The summed E-state index contributed by atoms with van der Waals surface area (Å²) < 4.78 is 0. The van der Waals surface area contributed by atoms with Crippen molar-refractivity contribution in [3.05, 3.63) is 42.5 Å². The summed E-state index contributed by atoms with van der Waals surface area (Å²) in [6, 6.07) is 8.22. The first-order valence-electron chi connectivity index (χ1n) is 7.56. The molecule has 1 aromatic carbocycles. The number of nitrogens with zero attached hydrogens (tertiary/aromatic N) is 4. The first-order chi connectivity index (χ1) is 10.7. The lowest BCUT2D eigenvalue weighted by molar-refractivity contribution is 0.511. The van der Waals surface area contributed by atoms with Gasteiger partial charge in [0, 0.05) is 17.0 Å². The highest BCUT2D eigenvalue weighted by molar-refractivity contribution is 5.92. The SMILES string of the molecule is CC(C)CCC(Nc1cncc2ccccc12)c1nn[nH]n1. The topological polar surface area (TPSA) is 79.4 Å². The first-order valence-corrected chi connectivity index (χ1v) is 7.56. The molecule has 0 saturated heterocycles. The summed E-state index contributed by atoms with van der Waals surface area (Å²) in [5.41, 5.74) is 0.997. The number of hydrogen-bond donors (Lipinski definition) is 2. The predicted octanol–water partition coefficient (Wildman–Crippen LogP) is 3.34. The smallest absolute Gasteiger partial charge is 0.196 e. The molecule has 0 aliphatic rings. The van der Waals surface area contributed by atoms with Crippen LogP contribution >= 0.6 is 0 Å². The van der Waals surface area contributed by atoms with Crippen molar-refractivity contribution in [2.24, 2.45) is 5.92 Å². The van der Waals surface area contributed by atoms with Gasteiger partial charge in [0.1, 0.15) is 0 Å². The van der Waals surface area contributed by atoms with Gasteiger partial charge in [-0.25, -0.2) is 0 Å². The van der Waals surface area contributed by atoms with Gasteiger partial charge in [-0.2, -0.15) is 5.21 Å². The Morgan fingerprint density at radius 3 is 2.77 bits per heavy atom. The van der Waals surface area contributed by atoms with Gasteiger partial charge in [0.05, 0.1) is 17.9 Å². The Morgan fingerprint density at radius 1 is 1.14 bits per heavy atom. The van der Waals surface area contributed by atoms with E-state index >= 15 is 0 Å².